The molecule has 0 radical (unpaired) electrons. The van der Waals surface area contributed by atoms with Gasteiger partial charge in [0.15, 0.2) is 0 Å². The molecule has 0 aromatic heterocycles. The quantitative estimate of drug-likeness (QED) is 0.755. The molecular formula is C19H19F2NO4. The van der Waals surface area contributed by atoms with Crippen molar-refractivity contribution in [3.63, 3.8) is 0 Å². The Bertz CT molecular complexity index is 780. The van der Waals surface area contributed by atoms with Crippen LogP contribution in [0.1, 0.15) is 21.5 Å². The summed E-state index contributed by atoms with van der Waals surface area (Å²) in [5, 5.41) is 11.9. The van der Waals surface area contributed by atoms with Crippen molar-refractivity contribution in [2.24, 2.45) is 5.92 Å². The number of carbonyl (C=O) groups excluding carboxylic acids is 1. The molecule has 7 heteroatoms. The maximum Gasteiger partial charge on any atom is 0.387 e. The molecule has 0 bridgehead atoms. The molecule has 1 unspecified atom stereocenters. The van der Waals surface area contributed by atoms with Crippen molar-refractivity contribution in [3.8, 4) is 5.75 Å². The van der Waals surface area contributed by atoms with E-state index in [1.165, 1.54) is 24.3 Å². The van der Waals surface area contributed by atoms with Gasteiger partial charge in [0.1, 0.15) is 5.75 Å². The third-order valence-electron chi connectivity index (χ3n) is 3.77. The van der Waals surface area contributed by atoms with Crippen LogP contribution in [-0.4, -0.2) is 30.1 Å². The number of carbonyl (C=O) groups is 2. The Labute approximate surface area is 149 Å². The Morgan fingerprint density at radius 3 is 2.54 bits per heavy atom. The zero-order chi connectivity index (χ0) is 19.1. The number of halogens is 2. The maximum atomic E-state index is 12.4. The summed E-state index contributed by atoms with van der Waals surface area (Å²) in [5.74, 6) is -2.82. The Morgan fingerprint density at radius 2 is 1.88 bits per heavy atom. The fourth-order valence-corrected chi connectivity index (χ4v) is 2.53. The van der Waals surface area contributed by atoms with Gasteiger partial charge in [-0.3, -0.25) is 9.59 Å². The molecule has 0 aliphatic rings. The molecule has 0 saturated carbocycles. The van der Waals surface area contributed by atoms with Crippen LogP contribution in [0.5, 0.6) is 5.75 Å². The molecule has 1 atom stereocenters. The van der Waals surface area contributed by atoms with E-state index in [0.717, 1.165) is 11.1 Å². The summed E-state index contributed by atoms with van der Waals surface area (Å²) in [5.41, 5.74) is 1.77. The van der Waals surface area contributed by atoms with E-state index in [4.69, 9.17) is 0 Å². The molecule has 138 valence electrons. The number of amides is 1. The predicted molar refractivity (Wildman–Crippen MR) is 91.4 cm³/mol. The van der Waals surface area contributed by atoms with Crippen molar-refractivity contribution in [3.05, 3.63) is 65.2 Å². The molecule has 0 saturated heterocycles. The number of carboxylic acid groups (broad SMARTS) is 1. The van der Waals surface area contributed by atoms with E-state index in [1.807, 2.05) is 31.2 Å². The summed E-state index contributed by atoms with van der Waals surface area (Å²) < 4.78 is 29.2. The molecule has 0 aliphatic heterocycles. The first-order valence-electron chi connectivity index (χ1n) is 7.97. The highest BCUT2D eigenvalue weighted by Gasteiger charge is 2.21. The van der Waals surface area contributed by atoms with E-state index >= 15 is 0 Å². The normalized spacial score (nSPS) is 11.8. The van der Waals surface area contributed by atoms with Gasteiger partial charge in [-0.15, -0.1) is 0 Å². The zero-order valence-corrected chi connectivity index (χ0v) is 14.1. The van der Waals surface area contributed by atoms with E-state index in [1.54, 1.807) is 0 Å². The average Bonchev–Trinajstić information content (AvgIpc) is 2.58. The van der Waals surface area contributed by atoms with Crippen LogP contribution >= 0.6 is 0 Å². The first-order valence-corrected chi connectivity index (χ1v) is 7.97. The Balaban J connectivity index is 2.05. The second-order valence-corrected chi connectivity index (χ2v) is 5.81. The number of hydrogen-bond donors (Lipinski definition) is 2. The van der Waals surface area contributed by atoms with Gasteiger partial charge in [-0.05, 0) is 31.0 Å². The Kier molecular flexibility index (Phi) is 6.66. The van der Waals surface area contributed by atoms with Gasteiger partial charge in [0.05, 0.1) is 11.5 Å². The van der Waals surface area contributed by atoms with Crippen molar-refractivity contribution in [1.29, 1.82) is 0 Å². The Morgan fingerprint density at radius 1 is 1.15 bits per heavy atom. The molecule has 2 aromatic carbocycles. The highest BCUT2D eigenvalue weighted by molar-refractivity contribution is 5.97. The summed E-state index contributed by atoms with van der Waals surface area (Å²) in [4.78, 5) is 23.7. The molecule has 26 heavy (non-hydrogen) atoms. The second-order valence-electron chi connectivity index (χ2n) is 5.81. The molecule has 0 fully saturated rings. The first-order chi connectivity index (χ1) is 12.4. The van der Waals surface area contributed by atoms with Gasteiger partial charge in [0, 0.05) is 6.54 Å². The molecule has 2 N–H and O–H groups in total. The summed E-state index contributed by atoms with van der Waals surface area (Å²) in [6, 6.07) is 13.0. The van der Waals surface area contributed by atoms with E-state index in [9.17, 15) is 23.5 Å². The number of para-hydroxylation sites is 1. The van der Waals surface area contributed by atoms with Gasteiger partial charge in [0.25, 0.3) is 5.91 Å². The summed E-state index contributed by atoms with van der Waals surface area (Å²) in [6.07, 6.45) is 0.243. The number of hydrogen-bond acceptors (Lipinski definition) is 3. The molecule has 0 aliphatic carbocycles. The standard InChI is InChI=1S/C19H19F2NO4/c1-12-5-4-6-13(9-12)10-14(18(24)25)11-22-17(23)15-7-2-3-8-16(15)26-19(20)21/h2-9,14,19H,10-11H2,1H3,(H,22,23)(H,24,25). The molecule has 0 spiro atoms. The predicted octanol–water partition coefficient (Wildman–Crippen LogP) is 3.27. The number of nitrogens with one attached hydrogen (secondary N) is 1. The fraction of sp³-hybridized carbons (Fsp3) is 0.263. The number of rotatable bonds is 8. The lowest BCUT2D eigenvalue weighted by molar-refractivity contribution is -0.141. The van der Waals surface area contributed by atoms with Crippen molar-refractivity contribution in [2.75, 3.05) is 6.54 Å². The van der Waals surface area contributed by atoms with Gasteiger partial charge >= 0.3 is 12.6 Å². The van der Waals surface area contributed by atoms with E-state index in [-0.39, 0.29) is 24.3 Å². The SMILES string of the molecule is Cc1cccc(CC(CNC(=O)c2ccccc2OC(F)F)C(=O)O)c1. The topological polar surface area (TPSA) is 75.6 Å². The van der Waals surface area contributed by atoms with Crippen molar-refractivity contribution >= 4 is 11.9 Å². The second kappa shape index (κ2) is 8.94. The lowest BCUT2D eigenvalue weighted by Crippen LogP contribution is -2.34. The van der Waals surface area contributed by atoms with Crippen LogP contribution in [-0.2, 0) is 11.2 Å². The third kappa shape index (κ3) is 5.54. The van der Waals surface area contributed by atoms with Crippen molar-refractivity contribution < 1.29 is 28.2 Å². The zero-order valence-electron chi connectivity index (χ0n) is 14.1. The molecule has 2 rings (SSSR count). The smallest absolute Gasteiger partial charge is 0.387 e. The monoisotopic (exact) mass is 363 g/mol. The van der Waals surface area contributed by atoms with E-state index in [0.29, 0.717) is 0 Å². The summed E-state index contributed by atoms with van der Waals surface area (Å²) in [7, 11) is 0. The summed E-state index contributed by atoms with van der Waals surface area (Å²) in [6.45, 7) is -1.29. The largest absolute Gasteiger partial charge is 0.481 e. The minimum Gasteiger partial charge on any atom is -0.481 e. The number of ether oxygens (including phenoxy) is 1. The lowest BCUT2D eigenvalue weighted by Gasteiger charge is -2.15. The highest BCUT2D eigenvalue weighted by Crippen LogP contribution is 2.20. The van der Waals surface area contributed by atoms with Crippen molar-refractivity contribution in [1.82, 2.24) is 5.32 Å². The van der Waals surface area contributed by atoms with E-state index in [2.05, 4.69) is 10.1 Å². The minimum absolute atomic E-state index is 0.0764. The molecular weight excluding hydrogens is 344 g/mol. The highest BCUT2D eigenvalue weighted by atomic mass is 19.3. The van der Waals surface area contributed by atoms with Gasteiger partial charge in [-0.1, -0.05) is 42.0 Å². The molecule has 2 aromatic rings. The van der Waals surface area contributed by atoms with Crippen LogP contribution in [0.3, 0.4) is 0 Å². The number of alkyl halides is 2. The van der Waals surface area contributed by atoms with Crippen LogP contribution in [0.15, 0.2) is 48.5 Å². The fourth-order valence-electron chi connectivity index (χ4n) is 2.53. The van der Waals surface area contributed by atoms with Crippen molar-refractivity contribution in [2.45, 2.75) is 20.0 Å². The van der Waals surface area contributed by atoms with Crippen LogP contribution in [0, 0.1) is 12.8 Å². The van der Waals surface area contributed by atoms with Crippen LogP contribution in [0.2, 0.25) is 0 Å². The third-order valence-corrected chi connectivity index (χ3v) is 3.77. The van der Waals surface area contributed by atoms with Crippen LogP contribution < -0.4 is 10.1 Å². The van der Waals surface area contributed by atoms with E-state index < -0.39 is 24.4 Å². The lowest BCUT2D eigenvalue weighted by atomic mass is 9.98. The number of aliphatic carboxylic acids is 1. The number of benzene rings is 2. The number of carboxylic acids is 1. The first kappa shape index (κ1) is 19.4. The van der Waals surface area contributed by atoms with Gasteiger partial charge in [-0.25, -0.2) is 0 Å². The molecule has 0 heterocycles. The molecule has 1 amide bonds. The minimum atomic E-state index is -3.06. The average molecular weight is 363 g/mol. The van der Waals surface area contributed by atoms with Gasteiger partial charge in [0.2, 0.25) is 0 Å². The van der Waals surface area contributed by atoms with Gasteiger partial charge < -0.3 is 15.2 Å². The number of aryl methyl sites for hydroxylation is 1. The molecule has 5 nitrogen and oxygen atoms in total. The summed E-state index contributed by atoms with van der Waals surface area (Å²) >= 11 is 0. The maximum absolute atomic E-state index is 12.4. The van der Waals surface area contributed by atoms with Gasteiger partial charge in [-0.2, -0.15) is 8.78 Å². The Hall–Kier alpha value is -2.96. The van der Waals surface area contributed by atoms with Crippen LogP contribution in [0.4, 0.5) is 8.78 Å². The van der Waals surface area contributed by atoms with Crippen LogP contribution in [0.25, 0.3) is 0 Å².